The molecule has 2 aliphatic rings. The predicted molar refractivity (Wildman–Crippen MR) is 97.0 cm³/mol. The first-order valence-corrected chi connectivity index (χ1v) is 8.71. The molecule has 1 N–H and O–H groups in total. The van der Waals surface area contributed by atoms with Crippen molar-refractivity contribution in [3.05, 3.63) is 12.4 Å². The molecule has 1 aromatic rings. The van der Waals surface area contributed by atoms with Gasteiger partial charge in [-0.1, -0.05) is 0 Å². The summed E-state index contributed by atoms with van der Waals surface area (Å²) in [6.07, 6.45) is 3.87. The van der Waals surface area contributed by atoms with Crippen molar-refractivity contribution in [2.75, 3.05) is 62.3 Å². The zero-order chi connectivity index (χ0) is 18.1. The van der Waals surface area contributed by atoms with Gasteiger partial charge in [-0.2, -0.15) is 0 Å². The average molecular weight is 351 g/mol. The fourth-order valence-corrected chi connectivity index (χ4v) is 2.47. The fourth-order valence-electron chi connectivity index (χ4n) is 2.47. The molecule has 0 aliphatic carbocycles. The third-order valence-corrected chi connectivity index (χ3v) is 3.80. The third kappa shape index (κ3) is 6.83. The number of rotatable bonds is 3. The number of hydrogen-bond acceptors (Lipinski definition) is 8. The van der Waals surface area contributed by atoms with Crippen LogP contribution in [0, 0.1) is 0 Å². The quantitative estimate of drug-likeness (QED) is 0.797. The van der Waals surface area contributed by atoms with Crippen molar-refractivity contribution in [1.82, 2.24) is 15.3 Å². The topological polar surface area (TPSA) is 79.8 Å². The molecule has 0 spiro atoms. The molecule has 0 saturated carbocycles. The van der Waals surface area contributed by atoms with Gasteiger partial charge < -0.3 is 24.6 Å². The summed E-state index contributed by atoms with van der Waals surface area (Å²) in [7, 11) is 0. The Bertz CT molecular complexity index is 469. The molecule has 0 aromatic carbocycles. The van der Waals surface area contributed by atoms with E-state index in [0.29, 0.717) is 6.47 Å². The predicted octanol–water partition coefficient (Wildman–Crippen LogP) is 0.681. The zero-order valence-corrected chi connectivity index (χ0v) is 15.4. The molecule has 25 heavy (non-hydrogen) atoms. The van der Waals surface area contributed by atoms with Crippen molar-refractivity contribution in [3.8, 4) is 0 Å². The van der Waals surface area contributed by atoms with Gasteiger partial charge in [-0.15, -0.1) is 0 Å². The van der Waals surface area contributed by atoms with Gasteiger partial charge in [-0.25, -0.2) is 9.97 Å². The Morgan fingerprint density at radius 3 is 2.16 bits per heavy atom. The number of morpholine rings is 1. The van der Waals surface area contributed by atoms with Crippen LogP contribution in [-0.4, -0.2) is 74.5 Å². The van der Waals surface area contributed by atoms with Crippen LogP contribution in [0.25, 0.3) is 0 Å². The maximum atomic E-state index is 9.60. The molecular formula is C17H29N5O3. The monoisotopic (exact) mass is 351 g/mol. The molecule has 3 rings (SSSR count). The molecule has 0 atom stereocenters. The average Bonchev–Trinajstić information content (AvgIpc) is 2.63. The van der Waals surface area contributed by atoms with Gasteiger partial charge >= 0.3 is 0 Å². The lowest BCUT2D eigenvalue weighted by Gasteiger charge is -2.30. The summed E-state index contributed by atoms with van der Waals surface area (Å²) >= 11 is 0. The van der Waals surface area contributed by atoms with Crippen molar-refractivity contribution >= 4 is 18.1 Å². The lowest BCUT2D eigenvalue weighted by molar-refractivity contribution is -0.138. The Balaban J connectivity index is 0.000000277. The zero-order valence-electron chi connectivity index (χ0n) is 15.4. The minimum atomic E-state index is -0.318. The van der Waals surface area contributed by atoms with Crippen molar-refractivity contribution in [1.29, 1.82) is 0 Å². The molecular weight excluding hydrogens is 322 g/mol. The normalized spacial score (nSPS) is 18.2. The van der Waals surface area contributed by atoms with E-state index in [9.17, 15) is 4.79 Å². The van der Waals surface area contributed by atoms with E-state index in [1.54, 1.807) is 0 Å². The summed E-state index contributed by atoms with van der Waals surface area (Å²) in [5.41, 5.74) is 0.801. The van der Waals surface area contributed by atoms with E-state index in [4.69, 9.17) is 4.74 Å². The molecule has 0 bridgehead atoms. The molecule has 8 nitrogen and oxygen atoms in total. The molecule has 2 fully saturated rings. The maximum absolute atomic E-state index is 9.60. The first kappa shape index (κ1) is 19.4. The van der Waals surface area contributed by atoms with Crippen LogP contribution < -0.4 is 15.1 Å². The van der Waals surface area contributed by atoms with Gasteiger partial charge in [0.1, 0.15) is 5.60 Å². The van der Waals surface area contributed by atoms with E-state index in [1.807, 2.05) is 33.2 Å². The van der Waals surface area contributed by atoms with Crippen LogP contribution in [0.3, 0.4) is 0 Å². The molecule has 0 radical (unpaired) electrons. The Hall–Kier alpha value is -1.93. The Morgan fingerprint density at radius 1 is 1.08 bits per heavy atom. The van der Waals surface area contributed by atoms with E-state index < -0.39 is 0 Å². The number of carbonyl (C=O) groups is 1. The minimum absolute atomic E-state index is 0.318. The number of hydrogen-bond donors (Lipinski definition) is 1. The van der Waals surface area contributed by atoms with E-state index in [-0.39, 0.29) is 5.60 Å². The fraction of sp³-hybridized carbons (Fsp3) is 0.706. The lowest BCUT2D eigenvalue weighted by Crippen LogP contribution is -2.43. The van der Waals surface area contributed by atoms with Crippen LogP contribution in [0.4, 0.5) is 11.6 Å². The second kappa shape index (κ2) is 9.53. The first-order chi connectivity index (χ1) is 12.0. The van der Waals surface area contributed by atoms with Crippen LogP contribution in [0.5, 0.6) is 0 Å². The van der Waals surface area contributed by atoms with Crippen LogP contribution in [0.1, 0.15) is 20.8 Å². The highest BCUT2D eigenvalue weighted by atomic mass is 16.5. The van der Waals surface area contributed by atoms with Crippen LogP contribution in [0.15, 0.2) is 12.4 Å². The summed E-state index contributed by atoms with van der Waals surface area (Å²) in [5.74, 6) is 0.817. The number of carbonyl (C=O) groups excluding carboxylic acids is 1. The van der Waals surface area contributed by atoms with Gasteiger partial charge in [0.05, 0.1) is 31.3 Å². The molecule has 0 amide bonds. The molecule has 140 valence electrons. The largest absolute Gasteiger partial charge is 0.462 e. The van der Waals surface area contributed by atoms with Gasteiger partial charge in [0, 0.05) is 39.3 Å². The van der Waals surface area contributed by atoms with E-state index >= 15 is 0 Å². The summed E-state index contributed by atoms with van der Waals surface area (Å²) in [4.78, 5) is 23.0. The SMILES string of the molecule is CC(C)(C)OC=O.c1nc(N2CCOCC2)ncc1N1CCNCC1. The van der Waals surface area contributed by atoms with Crippen molar-refractivity contribution in [2.24, 2.45) is 0 Å². The van der Waals surface area contributed by atoms with E-state index in [0.717, 1.165) is 64.1 Å². The van der Waals surface area contributed by atoms with Crippen molar-refractivity contribution in [2.45, 2.75) is 26.4 Å². The van der Waals surface area contributed by atoms with Crippen LogP contribution >= 0.6 is 0 Å². The third-order valence-electron chi connectivity index (χ3n) is 3.80. The summed E-state index contributed by atoms with van der Waals surface area (Å²) < 4.78 is 9.88. The number of nitrogens with one attached hydrogen (secondary N) is 1. The Kier molecular flexibility index (Phi) is 7.39. The second-order valence-corrected chi connectivity index (χ2v) is 6.90. The highest BCUT2D eigenvalue weighted by molar-refractivity contribution is 5.45. The van der Waals surface area contributed by atoms with Gasteiger partial charge in [0.25, 0.3) is 6.47 Å². The molecule has 0 unspecified atom stereocenters. The molecule has 2 aliphatic heterocycles. The first-order valence-electron chi connectivity index (χ1n) is 8.71. The lowest BCUT2D eigenvalue weighted by atomic mass is 10.2. The number of anilines is 2. The molecule has 1 aromatic heterocycles. The van der Waals surface area contributed by atoms with Gasteiger partial charge in [0.2, 0.25) is 5.95 Å². The van der Waals surface area contributed by atoms with Gasteiger partial charge in [-0.05, 0) is 20.8 Å². The number of aromatic nitrogens is 2. The Labute approximate surface area is 149 Å². The number of nitrogens with zero attached hydrogens (tertiary/aromatic N) is 4. The number of ether oxygens (including phenoxy) is 2. The van der Waals surface area contributed by atoms with Crippen LogP contribution in [-0.2, 0) is 14.3 Å². The maximum Gasteiger partial charge on any atom is 0.293 e. The summed E-state index contributed by atoms with van der Waals surface area (Å²) in [6, 6.07) is 0. The highest BCUT2D eigenvalue weighted by Crippen LogP contribution is 2.15. The minimum Gasteiger partial charge on any atom is -0.462 e. The van der Waals surface area contributed by atoms with E-state index in [2.05, 4.69) is 29.8 Å². The number of piperazine rings is 1. The summed E-state index contributed by atoms with van der Waals surface area (Å²) in [6.45, 7) is 13.3. The van der Waals surface area contributed by atoms with Crippen molar-refractivity contribution < 1.29 is 14.3 Å². The van der Waals surface area contributed by atoms with E-state index in [1.165, 1.54) is 0 Å². The molecule has 2 saturated heterocycles. The standard InChI is InChI=1S/C12H19N5O.C5H10O2/c1-3-16(4-2-13-1)11-9-14-12(15-10-11)17-5-7-18-8-6-17;1-5(2,3)7-4-6/h9-10,13H,1-8H2;4H,1-3H3. The highest BCUT2D eigenvalue weighted by Gasteiger charge is 2.15. The Morgan fingerprint density at radius 2 is 1.68 bits per heavy atom. The summed E-state index contributed by atoms with van der Waals surface area (Å²) in [5, 5.41) is 3.34. The molecule has 8 heteroatoms. The molecule has 3 heterocycles. The van der Waals surface area contributed by atoms with Crippen molar-refractivity contribution in [3.63, 3.8) is 0 Å². The van der Waals surface area contributed by atoms with Crippen LogP contribution in [0.2, 0.25) is 0 Å². The second-order valence-electron chi connectivity index (χ2n) is 6.90. The smallest absolute Gasteiger partial charge is 0.293 e. The van der Waals surface area contributed by atoms with Gasteiger partial charge in [0.15, 0.2) is 0 Å². The van der Waals surface area contributed by atoms with Gasteiger partial charge in [-0.3, -0.25) is 4.79 Å².